The van der Waals surface area contributed by atoms with Crippen LogP contribution in [0.4, 0.5) is 5.69 Å². The van der Waals surface area contributed by atoms with Gasteiger partial charge in [0.2, 0.25) is 0 Å². The Balaban J connectivity index is 1.98. The summed E-state index contributed by atoms with van der Waals surface area (Å²) in [5, 5.41) is 5.69. The number of amides is 2. The lowest BCUT2D eigenvalue weighted by molar-refractivity contribution is 0.0951. The summed E-state index contributed by atoms with van der Waals surface area (Å²) in [6, 6.07) is 11.7. The van der Waals surface area contributed by atoms with Gasteiger partial charge in [-0.05, 0) is 42.8 Å². The number of nitrogens with one attached hydrogen (secondary N) is 2. The molecule has 0 saturated heterocycles. The van der Waals surface area contributed by atoms with Crippen molar-refractivity contribution in [3.8, 4) is 11.5 Å². The van der Waals surface area contributed by atoms with E-state index in [2.05, 4.69) is 17.6 Å². The second-order valence-corrected chi connectivity index (χ2v) is 6.06. The van der Waals surface area contributed by atoms with Crippen LogP contribution >= 0.6 is 0 Å². The van der Waals surface area contributed by atoms with Crippen LogP contribution in [0.1, 0.15) is 46.9 Å². The monoisotopic (exact) mass is 370 g/mol. The molecule has 0 saturated carbocycles. The molecule has 6 nitrogen and oxygen atoms in total. The SMILES string of the molecule is CCCCCNC(=O)c1ccc(C(=O)Nc2ccc(OC)c(OC)c2)cc1. The number of hydrogen-bond acceptors (Lipinski definition) is 4. The molecular weight excluding hydrogens is 344 g/mol. The average molecular weight is 370 g/mol. The summed E-state index contributed by atoms with van der Waals surface area (Å²) in [6.45, 7) is 2.78. The van der Waals surface area contributed by atoms with Crippen molar-refractivity contribution in [1.29, 1.82) is 0 Å². The van der Waals surface area contributed by atoms with Gasteiger partial charge in [0.15, 0.2) is 11.5 Å². The number of carbonyl (C=O) groups excluding carboxylic acids is 2. The van der Waals surface area contributed by atoms with E-state index < -0.39 is 0 Å². The summed E-state index contributed by atoms with van der Waals surface area (Å²) < 4.78 is 10.4. The Morgan fingerprint density at radius 2 is 1.48 bits per heavy atom. The molecule has 2 amide bonds. The Hall–Kier alpha value is -3.02. The quantitative estimate of drug-likeness (QED) is 0.657. The van der Waals surface area contributed by atoms with E-state index in [0.717, 1.165) is 19.3 Å². The number of benzene rings is 2. The molecule has 0 atom stereocenters. The van der Waals surface area contributed by atoms with E-state index in [9.17, 15) is 9.59 Å². The standard InChI is InChI=1S/C21H26N2O4/c1-4-5-6-13-22-20(24)15-7-9-16(10-8-15)21(25)23-17-11-12-18(26-2)19(14-17)27-3/h7-12,14H,4-6,13H2,1-3H3,(H,22,24)(H,23,25). The van der Waals surface area contributed by atoms with Gasteiger partial charge < -0.3 is 20.1 Å². The Kier molecular flexibility index (Phi) is 7.67. The van der Waals surface area contributed by atoms with Crippen molar-refractivity contribution >= 4 is 17.5 Å². The van der Waals surface area contributed by atoms with Crippen molar-refractivity contribution in [2.45, 2.75) is 26.2 Å². The lowest BCUT2D eigenvalue weighted by atomic mass is 10.1. The van der Waals surface area contributed by atoms with E-state index in [1.54, 1.807) is 49.6 Å². The molecule has 0 aromatic heterocycles. The highest BCUT2D eigenvalue weighted by Gasteiger charge is 2.11. The van der Waals surface area contributed by atoms with Crippen LogP contribution in [-0.2, 0) is 0 Å². The molecule has 0 aliphatic heterocycles. The van der Waals surface area contributed by atoms with Crippen molar-refractivity contribution < 1.29 is 19.1 Å². The van der Waals surface area contributed by atoms with Gasteiger partial charge >= 0.3 is 0 Å². The van der Waals surface area contributed by atoms with Gasteiger partial charge in [-0.25, -0.2) is 0 Å². The van der Waals surface area contributed by atoms with Gasteiger partial charge in [0, 0.05) is 29.4 Å². The van der Waals surface area contributed by atoms with Crippen LogP contribution in [-0.4, -0.2) is 32.6 Å². The third-order valence-electron chi connectivity index (χ3n) is 4.12. The first kappa shape index (κ1) is 20.3. The summed E-state index contributed by atoms with van der Waals surface area (Å²) in [7, 11) is 3.09. The lowest BCUT2D eigenvalue weighted by Gasteiger charge is -2.11. The normalized spacial score (nSPS) is 10.2. The van der Waals surface area contributed by atoms with Crippen molar-refractivity contribution in [3.05, 3.63) is 53.6 Å². The van der Waals surface area contributed by atoms with Gasteiger partial charge in [-0.3, -0.25) is 9.59 Å². The largest absolute Gasteiger partial charge is 0.493 e. The third kappa shape index (κ3) is 5.74. The molecule has 0 heterocycles. The highest BCUT2D eigenvalue weighted by Crippen LogP contribution is 2.29. The number of unbranched alkanes of at least 4 members (excludes halogenated alkanes) is 2. The minimum Gasteiger partial charge on any atom is -0.493 e. The molecule has 2 aromatic carbocycles. The van der Waals surface area contributed by atoms with Gasteiger partial charge in [-0.1, -0.05) is 19.8 Å². The molecular formula is C21H26N2O4. The van der Waals surface area contributed by atoms with E-state index in [1.165, 1.54) is 7.11 Å². The summed E-state index contributed by atoms with van der Waals surface area (Å²) in [5.41, 5.74) is 1.59. The Labute approximate surface area is 159 Å². The van der Waals surface area contributed by atoms with Gasteiger partial charge in [-0.15, -0.1) is 0 Å². The first-order valence-corrected chi connectivity index (χ1v) is 9.00. The molecule has 144 valence electrons. The number of carbonyl (C=O) groups is 2. The fourth-order valence-electron chi connectivity index (χ4n) is 2.57. The zero-order chi connectivity index (χ0) is 19.6. The van der Waals surface area contributed by atoms with Crippen molar-refractivity contribution in [2.24, 2.45) is 0 Å². The van der Waals surface area contributed by atoms with Crippen LogP contribution in [0.25, 0.3) is 0 Å². The van der Waals surface area contributed by atoms with Crippen LogP contribution in [0.15, 0.2) is 42.5 Å². The predicted octanol–water partition coefficient (Wildman–Crippen LogP) is 3.88. The van der Waals surface area contributed by atoms with E-state index >= 15 is 0 Å². The molecule has 0 bridgehead atoms. The van der Waals surface area contributed by atoms with Gasteiger partial charge in [0.25, 0.3) is 11.8 Å². The van der Waals surface area contributed by atoms with Gasteiger partial charge in [0.05, 0.1) is 14.2 Å². The second kappa shape index (κ2) is 10.2. The first-order chi connectivity index (χ1) is 13.1. The van der Waals surface area contributed by atoms with E-state index in [0.29, 0.717) is 34.9 Å². The zero-order valence-corrected chi connectivity index (χ0v) is 16.0. The highest BCUT2D eigenvalue weighted by atomic mass is 16.5. The van der Waals surface area contributed by atoms with Crippen LogP contribution in [0, 0.1) is 0 Å². The van der Waals surface area contributed by atoms with E-state index in [4.69, 9.17) is 9.47 Å². The molecule has 2 rings (SSSR count). The highest BCUT2D eigenvalue weighted by molar-refractivity contribution is 6.05. The van der Waals surface area contributed by atoms with Crippen molar-refractivity contribution in [2.75, 3.05) is 26.1 Å². The summed E-state index contributed by atoms with van der Waals surface area (Å²) in [5.74, 6) is 0.727. The summed E-state index contributed by atoms with van der Waals surface area (Å²) in [6.07, 6.45) is 3.17. The first-order valence-electron chi connectivity index (χ1n) is 9.00. The lowest BCUT2D eigenvalue weighted by Crippen LogP contribution is -2.24. The molecule has 0 aliphatic rings. The maximum absolute atomic E-state index is 12.4. The fourth-order valence-corrected chi connectivity index (χ4v) is 2.57. The molecule has 0 radical (unpaired) electrons. The molecule has 6 heteroatoms. The smallest absolute Gasteiger partial charge is 0.255 e. The minimum absolute atomic E-state index is 0.127. The minimum atomic E-state index is -0.267. The average Bonchev–Trinajstić information content (AvgIpc) is 2.71. The summed E-state index contributed by atoms with van der Waals surface area (Å²) in [4.78, 5) is 24.5. The number of hydrogen-bond donors (Lipinski definition) is 2. The molecule has 0 aliphatic carbocycles. The number of ether oxygens (including phenoxy) is 2. The van der Waals surface area contributed by atoms with E-state index in [1.807, 2.05) is 0 Å². The number of anilines is 1. The topological polar surface area (TPSA) is 76.7 Å². The van der Waals surface area contributed by atoms with Gasteiger partial charge in [0.1, 0.15) is 0 Å². The van der Waals surface area contributed by atoms with Crippen LogP contribution in [0.3, 0.4) is 0 Å². The molecule has 0 fully saturated rings. The Morgan fingerprint density at radius 1 is 0.852 bits per heavy atom. The Morgan fingerprint density at radius 3 is 2.07 bits per heavy atom. The second-order valence-electron chi connectivity index (χ2n) is 6.06. The molecule has 2 N–H and O–H groups in total. The molecule has 2 aromatic rings. The van der Waals surface area contributed by atoms with Crippen LogP contribution in [0.5, 0.6) is 11.5 Å². The summed E-state index contributed by atoms with van der Waals surface area (Å²) >= 11 is 0. The third-order valence-corrected chi connectivity index (χ3v) is 4.12. The van der Waals surface area contributed by atoms with E-state index in [-0.39, 0.29) is 11.8 Å². The molecule has 27 heavy (non-hydrogen) atoms. The molecule has 0 unspecified atom stereocenters. The number of rotatable bonds is 9. The number of methoxy groups -OCH3 is 2. The maximum atomic E-state index is 12.4. The van der Waals surface area contributed by atoms with Crippen molar-refractivity contribution in [3.63, 3.8) is 0 Å². The van der Waals surface area contributed by atoms with Crippen LogP contribution in [0.2, 0.25) is 0 Å². The predicted molar refractivity (Wildman–Crippen MR) is 106 cm³/mol. The van der Waals surface area contributed by atoms with Crippen molar-refractivity contribution in [1.82, 2.24) is 5.32 Å². The van der Waals surface area contributed by atoms with Crippen LogP contribution < -0.4 is 20.1 Å². The fraction of sp³-hybridized carbons (Fsp3) is 0.333. The Bertz CT molecular complexity index is 772. The maximum Gasteiger partial charge on any atom is 0.255 e. The van der Waals surface area contributed by atoms with Gasteiger partial charge in [-0.2, -0.15) is 0 Å². The molecule has 0 spiro atoms. The zero-order valence-electron chi connectivity index (χ0n) is 16.0.